The fourth-order valence-corrected chi connectivity index (χ4v) is 1.95. The molecule has 0 bridgehead atoms. The average Bonchev–Trinajstić information content (AvgIpc) is 2.77. The quantitative estimate of drug-likeness (QED) is 0.876. The molecule has 0 radical (unpaired) electrons. The van der Waals surface area contributed by atoms with Crippen LogP contribution in [0.4, 0.5) is 5.69 Å². The molecule has 1 unspecified atom stereocenters. The number of anilines is 1. The molecule has 0 aliphatic carbocycles. The van der Waals surface area contributed by atoms with Crippen molar-refractivity contribution in [1.82, 2.24) is 14.8 Å². The summed E-state index contributed by atoms with van der Waals surface area (Å²) in [6, 6.07) is 0. The van der Waals surface area contributed by atoms with E-state index in [0.29, 0.717) is 29.7 Å². The van der Waals surface area contributed by atoms with Crippen LogP contribution in [-0.4, -0.2) is 32.4 Å². The molecule has 2 aromatic heterocycles. The number of hydrogen-bond acceptors (Lipinski definition) is 4. The van der Waals surface area contributed by atoms with Crippen molar-refractivity contribution < 1.29 is 9.90 Å². The normalized spacial score (nSPS) is 12.8. The van der Waals surface area contributed by atoms with Gasteiger partial charge in [-0.05, 0) is 11.8 Å². The fraction of sp³-hybridized carbons (Fsp3) is 0.500. The number of carboxylic acid groups (broad SMARTS) is 1. The molecular formula is C14H20N4O2. The topological polar surface area (TPSA) is 80.0 Å². The van der Waals surface area contributed by atoms with Crippen LogP contribution in [0, 0.1) is 11.8 Å². The molecule has 6 heteroatoms. The molecule has 0 aliphatic rings. The summed E-state index contributed by atoms with van der Waals surface area (Å²) < 4.78 is 1.64. The third kappa shape index (κ3) is 2.59. The Balaban J connectivity index is 2.42. The van der Waals surface area contributed by atoms with Gasteiger partial charge in [0.05, 0.1) is 17.3 Å². The molecule has 0 fully saturated rings. The highest BCUT2D eigenvalue weighted by molar-refractivity contribution is 6.03. The Morgan fingerprint density at radius 2 is 2.10 bits per heavy atom. The smallest absolute Gasteiger partial charge is 0.339 e. The van der Waals surface area contributed by atoms with E-state index < -0.39 is 5.97 Å². The van der Waals surface area contributed by atoms with Gasteiger partial charge < -0.3 is 10.4 Å². The van der Waals surface area contributed by atoms with E-state index in [1.54, 1.807) is 17.9 Å². The number of rotatable bonds is 5. The lowest BCUT2D eigenvalue weighted by Gasteiger charge is -2.18. The van der Waals surface area contributed by atoms with Gasteiger partial charge in [-0.15, -0.1) is 0 Å². The van der Waals surface area contributed by atoms with Gasteiger partial charge in [0, 0.05) is 19.8 Å². The van der Waals surface area contributed by atoms with Crippen molar-refractivity contribution >= 4 is 22.7 Å². The van der Waals surface area contributed by atoms with Crippen LogP contribution < -0.4 is 5.32 Å². The number of hydrogen-bond donors (Lipinski definition) is 2. The van der Waals surface area contributed by atoms with Crippen LogP contribution in [0.3, 0.4) is 0 Å². The molecule has 0 amide bonds. The Morgan fingerprint density at radius 3 is 2.70 bits per heavy atom. The molecule has 0 saturated carbocycles. The van der Waals surface area contributed by atoms with Crippen LogP contribution in [0.5, 0.6) is 0 Å². The Hall–Kier alpha value is -2.11. The van der Waals surface area contributed by atoms with Crippen molar-refractivity contribution in [2.75, 3.05) is 11.9 Å². The maximum absolute atomic E-state index is 11.3. The third-order valence-corrected chi connectivity index (χ3v) is 3.73. The van der Waals surface area contributed by atoms with Gasteiger partial charge in [0.1, 0.15) is 5.56 Å². The maximum Gasteiger partial charge on any atom is 0.339 e. The number of nitrogens with one attached hydrogen (secondary N) is 1. The number of aromatic nitrogens is 3. The first kappa shape index (κ1) is 14.3. The van der Waals surface area contributed by atoms with Gasteiger partial charge in [-0.1, -0.05) is 20.8 Å². The molecule has 2 rings (SSSR count). The highest BCUT2D eigenvalue weighted by Gasteiger charge is 2.17. The van der Waals surface area contributed by atoms with Crippen molar-refractivity contribution in [3.05, 3.63) is 18.0 Å². The average molecular weight is 276 g/mol. The largest absolute Gasteiger partial charge is 0.478 e. The number of carbonyl (C=O) groups is 1. The van der Waals surface area contributed by atoms with Crippen molar-refractivity contribution in [2.24, 2.45) is 18.9 Å². The Bertz CT molecular complexity index is 633. The van der Waals surface area contributed by atoms with Gasteiger partial charge in [-0.3, -0.25) is 4.68 Å². The lowest BCUT2D eigenvalue weighted by molar-refractivity contribution is 0.0697. The molecule has 0 spiro atoms. The van der Waals surface area contributed by atoms with E-state index in [0.717, 1.165) is 5.39 Å². The summed E-state index contributed by atoms with van der Waals surface area (Å²) in [5.41, 5.74) is 1.46. The van der Waals surface area contributed by atoms with Gasteiger partial charge in [0.25, 0.3) is 0 Å². The summed E-state index contributed by atoms with van der Waals surface area (Å²) in [6.45, 7) is 7.15. The zero-order valence-corrected chi connectivity index (χ0v) is 12.2. The van der Waals surface area contributed by atoms with Crippen LogP contribution in [0.25, 0.3) is 11.0 Å². The van der Waals surface area contributed by atoms with Crippen LogP contribution in [0.2, 0.25) is 0 Å². The molecular weight excluding hydrogens is 256 g/mol. The second-order valence-electron chi connectivity index (χ2n) is 5.46. The van der Waals surface area contributed by atoms with Crippen molar-refractivity contribution in [3.8, 4) is 0 Å². The number of aryl methyl sites for hydroxylation is 1. The molecule has 0 aromatic carbocycles. The highest BCUT2D eigenvalue weighted by Crippen LogP contribution is 2.26. The molecule has 2 heterocycles. The lowest BCUT2D eigenvalue weighted by Crippen LogP contribution is -2.18. The van der Waals surface area contributed by atoms with E-state index >= 15 is 0 Å². The Morgan fingerprint density at radius 1 is 1.40 bits per heavy atom. The minimum atomic E-state index is -0.983. The molecule has 2 aromatic rings. The van der Waals surface area contributed by atoms with E-state index in [2.05, 4.69) is 36.2 Å². The SMILES string of the molecule is CC(C)C(C)CNc1c(C(=O)O)cnc2c1cnn2C. The first-order valence-corrected chi connectivity index (χ1v) is 6.69. The monoisotopic (exact) mass is 276 g/mol. The zero-order valence-electron chi connectivity index (χ0n) is 12.2. The highest BCUT2D eigenvalue weighted by atomic mass is 16.4. The molecule has 108 valence electrons. The van der Waals surface area contributed by atoms with Gasteiger partial charge >= 0.3 is 5.97 Å². The van der Waals surface area contributed by atoms with E-state index in [1.165, 1.54) is 6.20 Å². The Labute approximate surface area is 117 Å². The minimum absolute atomic E-state index is 0.182. The van der Waals surface area contributed by atoms with E-state index in [4.69, 9.17) is 0 Å². The van der Waals surface area contributed by atoms with Crippen molar-refractivity contribution in [1.29, 1.82) is 0 Å². The second-order valence-corrected chi connectivity index (χ2v) is 5.46. The summed E-state index contributed by atoms with van der Waals surface area (Å²) in [5.74, 6) is -0.0125. The van der Waals surface area contributed by atoms with Crippen LogP contribution in [0.15, 0.2) is 12.4 Å². The second kappa shape index (κ2) is 5.48. The zero-order chi connectivity index (χ0) is 14.9. The maximum atomic E-state index is 11.3. The van der Waals surface area contributed by atoms with Gasteiger partial charge in [0.2, 0.25) is 0 Å². The number of nitrogens with zero attached hydrogens (tertiary/aromatic N) is 3. The van der Waals surface area contributed by atoms with Crippen LogP contribution in [0.1, 0.15) is 31.1 Å². The third-order valence-electron chi connectivity index (χ3n) is 3.73. The molecule has 0 saturated heterocycles. The van der Waals surface area contributed by atoms with Gasteiger partial charge in [-0.25, -0.2) is 9.78 Å². The summed E-state index contributed by atoms with van der Waals surface area (Å²) in [7, 11) is 1.79. The van der Waals surface area contributed by atoms with E-state index in [9.17, 15) is 9.90 Å². The lowest BCUT2D eigenvalue weighted by atomic mass is 9.98. The summed E-state index contributed by atoms with van der Waals surface area (Å²) in [6.07, 6.45) is 3.03. The fourth-order valence-electron chi connectivity index (χ4n) is 1.95. The van der Waals surface area contributed by atoms with Crippen LogP contribution >= 0.6 is 0 Å². The minimum Gasteiger partial charge on any atom is -0.478 e. The first-order valence-electron chi connectivity index (χ1n) is 6.69. The molecule has 1 atom stereocenters. The van der Waals surface area contributed by atoms with E-state index in [-0.39, 0.29) is 5.56 Å². The van der Waals surface area contributed by atoms with Crippen molar-refractivity contribution in [3.63, 3.8) is 0 Å². The molecule has 20 heavy (non-hydrogen) atoms. The Kier molecular flexibility index (Phi) is 3.92. The van der Waals surface area contributed by atoms with Gasteiger partial charge in [0.15, 0.2) is 5.65 Å². The summed E-state index contributed by atoms with van der Waals surface area (Å²) in [4.78, 5) is 15.5. The van der Waals surface area contributed by atoms with Crippen molar-refractivity contribution in [2.45, 2.75) is 20.8 Å². The predicted molar refractivity (Wildman–Crippen MR) is 78.0 cm³/mol. The molecule has 6 nitrogen and oxygen atoms in total. The first-order chi connectivity index (χ1) is 9.41. The number of carboxylic acids is 1. The van der Waals surface area contributed by atoms with E-state index in [1.807, 2.05) is 0 Å². The molecule has 0 aliphatic heterocycles. The van der Waals surface area contributed by atoms with Gasteiger partial charge in [-0.2, -0.15) is 5.10 Å². The van der Waals surface area contributed by atoms with Crippen LogP contribution in [-0.2, 0) is 7.05 Å². The predicted octanol–water partition coefficient (Wildman–Crippen LogP) is 2.37. The summed E-state index contributed by atoms with van der Waals surface area (Å²) >= 11 is 0. The number of fused-ring (bicyclic) bond motifs is 1. The number of aromatic carboxylic acids is 1. The standard InChI is InChI=1S/C14H20N4O2/c1-8(2)9(3)5-15-12-10-7-17-18(4)13(10)16-6-11(12)14(19)20/h6-9H,5H2,1-4H3,(H,15,16)(H,19,20). The summed E-state index contributed by atoms with van der Waals surface area (Å²) in [5, 5.41) is 17.4. The molecule has 2 N–H and O–H groups in total. The number of pyridine rings is 1.